The van der Waals surface area contributed by atoms with E-state index in [1.165, 1.54) is 18.2 Å². The minimum Gasteiger partial charge on any atom is -0.398 e. The van der Waals surface area contributed by atoms with Gasteiger partial charge in [-0.2, -0.15) is 0 Å². The summed E-state index contributed by atoms with van der Waals surface area (Å²) in [6, 6.07) is 10.7. The molecule has 0 amide bonds. The van der Waals surface area contributed by atoms with Gasteiger partial charge in [0.2, 0.25) is 10.0 Å². The summed E-state index contributed by atoms with van der Waals surface area (Å²) in [6.07, 6.45) is 0. The number of sulfonamides is 1. The second-order valence-corrected chi connectivity index (χ2v) is 6.19. The molecular weight excluding hydrogens is 279 g/mol. The molecule has 0 aromatic heterocycles. The van der Waals surface area contributed by atoms with Crippen molar-refractivity contribution < 1.29 is 12.8 Å². The largest absolute Gasteiger partial charge is 0.398 e. The average molecular weight is 294 g/mol. The maximum atomic E-state index is 13.4. The summed E-state index contributed by atoms with van der Waals surface area (Å²) >= 11 is 0. The van der Waals surface area contributed by atoms with E-state index < -0.39 is 15.8 Å². The molecule has 0 spiro atoms. The molecule has 0 saturated heterocycles. The second kappa shape index (κ2) is 5.60. The maximum absolute atomic E-state index is 13.4. The molecule has 3 N–H and O–H groups in total. The SMILES string of the molecule is Cc1ccc(S(=O)(=O)NCc2ccccc2F)c(N)c1. The molecule has 4 nitrogen and oxygen atoms in total. The summed E-state index contributed by atoms with van der Waals surface area (Å²) in [6.45, 7) is 1.70. The summed E-state index contributed by atoms with van der Waals surface area (Å²) in [5.41, 5.74) is 7.04. The standard InChI is InChI=1S/C14H15FN2O2S/c1-10-6-7-14(13(16)8-10)20(18,19)17-9-11-4-2-3-5-12(11)15/h2-8,17H,9,16H2,1H3. The van der Waals surface area contributed by atoms with Crippen LogP contribution in [-0.4, -0.2) is 8.42 Å². The maximum Gasteiger partial charge on any atom is 0.242 e. The number of nitrogen functional groups attached to an aromatic ring is 1. The van der Waals surface area contributed by atoms with Crippen LogP contribution >= 0.6 is 0 Å². The van der Waals surface area contributed by atoms with Crippen LogP contribution in [0.1, 0.15) is 11.1 Å². The summed E-state index contributed by atoms with van der Waals surface area (Å²) in [5.74, 6) is -0.452. The van der Waals surface area contributed by atoms with Crippen molar-refractivity contribution in [2.45, 2.75) is 18.4 Å². The van der Waals surface area contributed by atoms with E-state index in [0.29, 0.717) is 0 Å². The summed E-state index contributed by atoms with van der Waals surface area (Å²) in [4.78, 5) is -0.000519. The van der Waals surface area contributed by atoms with Crippen LogP contribution in [0.5, 0.6) is 0 Å². The zero-order valence-electron chi connectivity index (χ0n) is 10.9. The van der Waals surface area contributed by atoms with Gasteiger partial charge < -0.3 is 5.73 Å². The van der Waals surface area contributed by atoms with E-state index in [1.807, 2.05) is 6.92 Å². The number of nitrogens with two attached hydrogens (primary N) is 1. The highest BCUT2D eigenvalue weighted by molar-refractivity contribution is 7.89. The smallest absolute Gasteiger partial charge is 0.242 e. The average Bonchev–Trinajstić information content (AvgIpc) is 2.37. The Labute approximate surface area is 117 Å². The van der Waals surface area contributed by atoms with E-state index in [2.05, 4.69) is 4.72 Å². The zero-order chi connectivity index (χ0) is 14.8. The number of hydrogen-bond donors (Lipinski definition) is 2. The lowest BCUT2D eigenvalue weighted by molar-refractivity contribution is 0.574. The van der Waals surface area contributed by atoms with Gasteiger partial charge in [0.15, 0.2) is 0 Å². The normalized spacial score (nSPS) is 11.5. The van der Waals surface area contributed by atoms with Crippen LogP contribution in [0.3, 0.4) is 0 Å². The van der Waals surface area contributed by atoms with Gasteiger partial charge in [-0.05, 0) is 30.7 Å². The van der Waals surface area contributed by atoms with Gasteiger partial charge in [0.1, 0.15) is 10.7 Å². The van der Waals surface area contributed by atoms with Gasteiger partial charge in [-0.1, -0.05) is 24.3 Å². The first-order valence-corrected chi connectivity index (χ1v) is 7.47. The molecule has 2 aromatic rings. The van der Waals surface area contributed by atoms with E-state index in [4.69, 9.17) is 5.73 Å². The van der Waals surface area contributed by atoms with Crippen molar-refractivity contribution >= 4 is 15.7 Å². The molecule has 0 atom stereocenters. The van der Waals surface area contributed by atoms with Crippen molar-refractivity contribution in [3.05, 3.63) is 59.4 Å². The number of anilines is 1. The van der Waals surface area contributed by atoms with Crippen molar-refractivity contribution in [2.75, 3.05) is 5.73 Å². The Morgan fingerprint density at radius 2 is 1.90 bits per heavy atom. The fraction of sp³-hybridized carbons (Fsp3) is 0.143. The summed E-state index contributed by atoms with van der Waals surface area (Å²) in [7, 11) is -3.76. The van der Waals surface area contributed by atoms with E-state index in [0.717, 1.165) is 5.56 Å². The van der Waals surface area contributed by atoms with E-state index in [-0.39, 0.29) is 22.7 Å². The monoisotopic (exact) mass is 294 g/mol. The highest BCUT2D eigenvalue weighted by Crippen LogP contribution is 2.19. The number of aryl methyl sites for hydroxylation is 1. The molecule has 0 unspecified atom stereocenters. The molecule has 0 aliphatic rings. The Morgan fingerprint density at radius 1 is 1.20 bits per heavy atom. The highest BCUT2D eigenvalue weighted by atomic mass is 32.2. The minimum atomic E-state index is -3.76. The van der Waals surface area contributed by atoms with Crippen LogP contribution < -0.4 is 10.5 Å². The van der Waals surface area contributed by atoms with E-state index >= 15 is 0 Å². The lowest BCUT2D eigenvalue weighted by atomic mass is 10.2. The van der Waals surface area contributed by atoms with Gasteiger partial charge in [-0.25, -0.2) is 17.5 Å². The van der Waals surface area contributed by atoms with Crippen molar-refractivity contribution in [1.82, 2.24) is 4.72 Å². The van der Waals surface area contributed by atoms with Crippen LogP contribution in [0, 0.1) is 12.7 Å². The molecule has 0 fully saturated rings. The molecule has 2 aromatic carbocycles. The van der Waals surface area contributed by atoms with Gasteiger partial charge in [-0.15, -0.1) is 0 Å². The molecular formula is C14H15FN2O2S. The summed E-state index contributed by atoms with van der Waals surface area (Å²) < 4.78 is 40.1. The van der Waals surface area contributed by atoms with Crippen molar-refractivity contribution in [3.63, 3.8) is 0 Å². The Kier molecular flexibility index (Phi) is 4.06. The summed E-state index contributed by atoms with van der Waals surface area (Å²) in [5, 5.41) is 0. The second-order valence-electron chi connectivity index (χ2n) is 4.46. The zero-order valence-corrected chi connectivity index (χ0v) is 11.7. The predicted octanol–water partition coefficient (Wildman–Crippen LogP) is 2.19. The van der Waals surface area contributed by atoms with Crippen LogP contribution in [0.4, 0.5) is 10.1 Å². The molecule has 0 heterocycles. The number of hydrogen-bond acceptors (Lipinski definition) is 3. The topological polar surface area (TPSA) is 72.2 Å². The molecule has 6 heteroatoms. The Balaban J connectivity index is 2.22. The number of halogens is 1. The first-order valence-electron chi connectivity index (χ1n) is 5.99. The number of rotatable bonds is 4. The van der Waals surface area contributed by atoms with Crippen molar-refractivity contribution in [2.24, 2.45) is 0 Å². The first-order chi connectivity index (χ1) is 9.40. The third-order valence-electron chi connectivity index (χ3n) is 2.87. The van der Waals surface area contributed by atoms with Crippen LogP contribution in [0.15, 0.2) is 47.4 Å². The highest BCUT2D eigenvalue weighted by Gasteiger charge is 2.17. The van der Waals surface area contributed by atoms with E-state index in [9.17, 15) is 12.8 Å². The van der Waals surface area contributed by atoms with Gasteiger partial charge in [0, 0.05) is 12.1 Å². The molecule has 106 valence electrons. The predicted molar refractivity (Wildman–Crippen MR) is 76.0 cm³/mol. The lowest BCUT2D eigenvalue weighted by Crippen LogP contribution is -2.24. The Bertz CT molecular complexity index is 730. The quantitative estimate of drug-likeness (QED) is 0.849. The Hall–Kier alpha value is -1.92. The van der Waals surface area contributed by atoms with Crippen molar-refractivity contribution in [3.8, 4) is 0 Å². The molecule has 0 radical (unpaired) electrons. The van der Waals surface area contributed by atoms with Crippen LogP contribution in [0.2, 0.25) is 0 Å². The van der Waals surface area contributed by atoms with Gasteiger partial charge >= 0.3 is 0 Å². The van der Waals surface area contributed by atoms with Crippen molar-refractivity contribution in [1.29, 1.82) is 0 Å². The van der Waals surface area contributed by atoms with Gasteiger partial charge in [0.05, 0.1) is 5.69 Å². The number of nitrogens with one attached hydrogen (secondary N) is 1. The first kappa shape index (κ1) is 14.5. The van der Waals surface area contributed by atoms with Crippen LogP contribution in [0.25, 0.3) is 0 Å². The fourth-order valence-corrected chi connectivity index (χ4v) is 2.92. The third kappa shape index (κ3) is 3.15. The lowest BCUT2D eigenvalue weighted by Gasteiger charge is -2.10. The molecule has 0 aliphatic carbocycles. The Morgan fingerprint density at radius 3 is 2.55 bits per heavy atom. The molecule has 20 heavy (non-hydrogen) atoms. The minimum absolute atomic E-state index is 0.000519. The molecule has 0 aliphatic heterocycles. The third-order valence-corrected chi connectivity index (χ3v) is 4.34. The molecule has 0 saturated carbocycles. The van der Waals surface area contributed by atoms with E-state index in [1.54, 1.807) is 24.3 Å². The van der Waals surface area contributed by atoms with Gasteiger partial charge in [0.25, 0.3) is 0 Å². The van der Waals surface area contributed by atoms with Crippen LogP contribution in [-0.2, 0) is 16.6 Å². The fourth-order valence-electron chi connectivity index (χ4n) is 1.80. The molecule has 2 rings (SSSR count). The van der Waals surface area contributed by atoms with Gasteiger partial charge in [-0.3, -0.25) is 0 Å². The number of benzene rings is 2. The molecule has 0 bridgehead atoms.